The lowest BCUT2D eigenvalue weighted by Crippen LogP contribution is -2.14. The Morgan fingerprint density at radius 1 is 1.26 bits per heavy atom. The maximum absolute atomic E-state index is 11.4. The van der Waals surface area contributed by atoms with Gasteiger partial charge in [0, 0.05) is 18.0 Å². The normalized spacial score (nSPS) is 11.4. The first kappa shape index (κ1) is 13.2. The molecule has 0 aliphatic rings. The predicted molar refractivity (Wildman–Crippen MR) is 68.4 cm³/mol. The third-order valence-electron chi connectivity index (χ3n) is 2.43. The largest absolute Gasteiger partial charge is 0.502 e. The highest BCUT2D eigenvalue weighted by Crippen LogP contribution is 2.45. The van der Waals surface area contributed by atoms with Gasteiger partial charge >= 0.3 is 0 Å². The number of pyridine rings is 1. The molecule has 8 heteroatoms. The van der Waals surface area contributed by atoms with Gasteiger partial charge in [-0.3, -0.25) is 4.98 Å². The molecule has 2 aromatic heterocycles. The van der Waals surface area contributed by atoms with E-state index in [9.17, 15) is 18.6 Å². The van der Waals surface area contributed by atoms with Crippen molar-refractivity contribution < 1.29 is 23.0 Å². The van der Waals surface area contributed by atoms with Gasteiger partial charge in [-0.2, -0.15) is 0 Å². The molecule has 0 saturated heterocycles. The van der Waals surface area contributed by atoms with Crippen LogP contribution in [-0.2, 0) is 10.0 Å². The second-order valence-corrected chi connectivity index (χ2v) is 5.71. The molecule has 0 fully saturated rings. The number of aromatic nitrogens is 1. The van der Waals surface area contributed by atoms with Crippen molar-refractivity contribution in [3.8, 4) is 22.8 Å². The van der Waals surface area contributed by atoms with E-state index >= 15 is 0 Å². The van der Waals surface area contributed by atoms with E-state index in [4.69, 9.17) is 4.42 Å². The van der Waals surface area contributed by atoms with Crippen LogP contribution in [0.3, 0.4) is 0 Å². The van der Waals surface area contributed by atoms with Crippen LogP contribution in [0.25, 0.3) is 11.3 Å². The Bertz CT molecular complexity index is 679. The molecule has 2 rings (SSSR count). The Morgan fingerprint density at radius 3 is 2.47 bits per heavy atom. The van der Waals surface area contributed by atoms with Crippen LogP contribution in [0.15, 0.2) is 28.9 Å². The van der Waals surface area contributed by atoms with Crippen LogP contribution in [-0.4, -0.2) is 29.4 Å². The first-order valence-corrected chi connectivity index (χ1v) is 7.05. The van der Waals surface area contributed by atoms with E-state index in [0.29, 0.717) is 5.56 Å². The number of anilines is 1. The van der Waals surface area contributed by atoms with Crippen molar-refractivity contribution in [1.29, 1.82) is 0 Å². The Kier molecular flexibility index (Phi) is 3.34. The number of nitrogens with zero attached hydrogens (tertiary/aromatic N) is 1. The molecule has 0 aliphatic heterocycles. The van der Waals surface area contributed by atoms with E-state index in [0.717, 1.165) is 0 Å². The molecular formula is C11H12N2O5S. The van der Waals surface area contributed by atoms with Crippen molar-refractivity contribution in [3.63, 3.8) is 0 Å². The van der Waals surface area contributed by atoms with Gasteiger partial charge in [0.15, 0.2) is 5.76 Å². The van der Waals surface area contributed by atoms with Crippen LogP contribution < -0.4 is 4.72 Å². The Labute approximate surface area is 109 Å². The summed E-state index contributed by atoms with van der Waals surface area (Å²) >= 11 is 0. The highest BCUT2D eigenvalue weighted by Gasteiger charge is 2.23. The third-order valence-corrected chi connectivity index (χ3v) is 3.69. The summed E-state index contributed by atoms with van der Waals surface area (Å²) < 4.78 is 30.0. The standard InChI is InChI=1S/C11H12N2O5S/c1-2-19(16,17)13-11-9(15)8(14)10(18-11)7-3-5-12-6-4-7/h3-6,13-15H,2H2,1H3. The first-order chi connectivity index (χ1) is 8.94. The number of hydrogen-bond donors (Lipinski definition) is 3. The molecule has 0 aromatic carbocycles. The zero-order valence-corrected chi connectivity index (χ0v) is 10.8. The Morgan fingerprint density at radius 2 is 1.89 bits per heavy atom. The number of furan rings is 1. The molecule has 19 heavy (non-hydrogen) atoms. The summed E-state index contributed by atoms with van der Waals surface area (Å²) in [5.74, 6) is -1.80. The van der Waals surface area contributed by atoms with Gasteiger partial charge in [0.05, 0.1) is 5.75 Å². The van der Waals surface area contributed by atoms with Gasteiger partial charge in [0.2, 0.25) is 21.5 Å². The second-order valence-electron chi connectivity index (χ2n) is 3.70. The molecule has 0 saturated carbocycles. The molecule has 0 unspecified atom stereocenters. The second kappa shape index (κ2) is 4.81. The fraction of sp³-hybridized carbons (Fsp3) is 0.182. The first-order valence-electron chi connectivity index (χ1n) is 5.40. The van der Waals surface area contributed by atoms with Gasteiger partial charge in [-0.1, -0.05) is 0 Å². The summed E-state index contributed by atoms with van der Waals surface area (Å²) in [4.78, 5) is 3.81. The van der Waals surface area contributed by atoms with Gasteiger partial charge in [0.1, 0.15) is 0 Å². The minimum Gasteiger partial charge on any atom is -0.502 e. The number of aromatic hydroxyl groups is 2. The maximum atomic E-state index is 11.4. The van der Waals surface area contributed by atoms with Crippen LogP contribution in [0.4, 0.5) is 5.88 Å². The average Bonchev–Trinajstić information content (AvgIpc) is 2.68. The van der Waals surface area contributed by atoms with Crippen molar-refractivity contribution in [2.75, 3.05) is 10.5 Å². The summed E-state index contributed by atoms with van der Waals surface area (Å²) in [5, 5.41) is 19.4. The molecule has 2 aromatic rings. The van der Waals surface area contributed by atoms with Gasteiger partial charge in [-0.25, -0.2) is 13.1 Å². The highest BCUT2D eigenvalue weighted by molar-refractivity contribution is 7.92. The van der Waals surface area contributed by atoms with Crippen molar-refractivity contribution in [2.45, 2.75) is 6.92 Å². The quantitative estimate of drug-likeness (QED) is 0.784. The molecule has 0 atom stereocenters. The smallest absolute Gasteiger partial charge is 0.253 e. The molecule has 3 N–H and O–H groups in total. The fourth-order valence-corrected chi connectivity index (χ4v) is 1.96. The molecule has 2 heterocycles. The van der Waals surface area contributed by atoms with Crippen molar-refractivity contribution in [3.05, 3.63) is 24.5 Å². The summed E-state index contributed by atoms with van der Waals surface area (Å²) in [6, 6.07) is 3.10. The summed E-state index contributed by atoms with van der Waals surface area (Å²) in [6.45, 7) is 1.44. The lowest BCUT2D eigenvalue weighted by molar-refractivity contribution is 0.410. The summed E-state index contributed by atoms with van der Waals surface area (Å²) in [5.41, 5.74) is 0.463. The van der Waals surface area contributed by atoms with Crippen molar-refractivity contribution in [1.82, 2.24) is 4.98 Å². The van der Waals surface area contributed by atoms with Crippen LogP contribution in [0.5, 0.6) is 11.5 Å². The molecule has 0 bridgehead atoms. The Balaban J connectivity index is 2.45. The van der Waals surface area contributed by atoms with Crippen molar-refractivity contribution >= 4 is 15.9 Å². The topological polar surface area (TPSA) is 113 Å². The number of rotatable bonds is 4. The van der Waals surface area contributed by atoms with E-state index in [2.05, 4.69) is 4.98 Å². The molecule has 7 nitrogen and oxygen atoms in total. The monoisotopic (exact) mass is 284 g/mol. The summed E-state index contributed by atoms with van der Waals surface area (Å²) in [7, 11) is -3.61. The maximum Gasteiger partial charge on any atom is 0.253 e. The van der Waals surface area contributed by atoms with Gasteiger partial charge in [-0.05, 0) is 19.1 Å². The molecular weight excluding hydrogens is 272 g/mol. The molecule has 0 radical (unpaired) electrons. The molecule has 0 aliphatic carbocycles. The molecule has 0 amide bonds. The van der Waals surface area contributed by atoms with E-state index in [-0.39, 0.29) is 11.5 Å². The van der Waals surface area contributed by atoms with Crippen molar-refractivity contribution in [2.24, 2.45) is 0 Å². The van der Waals surface area contributed by atoms with E-state index < -0.39 is 27.4 Å². The van der Waals surface area contributed by atoms with Crippen LogP contribution in [0, 0.1) is 0 Å². The van der Waals surface area contributed by atoms with E-state index in [1.54, 1.807) is 12.1 Å². The minimum atomic E-state index is -3.61. The van der Waals surface area contributed by atoms with E-state index in [1.807, 2.05) is 4.72 Å². The lowest BCUT2D eigenvalue weighted by atomic mass is 10.2. The van der Waals surface area contributed by atoms with Gasteiger partial charge < -0.3 is 14.6 Å². The predicted octanol–water partition coefficient (Wildman–Crippen LogP) is 1.51. The van der Waals surface area contributed by atoms with Gasteiger partial charge in [0.25, 0.3) is 5.88 Å². The lowest BCUT2D eigenvalue weighted by Gasteiger charge is -2.01. The fourth-order valence-electron chi connectivity index (χ4n) is 1.40. The van der Waals surface area contributed by atoms with Crippen LogP contribution >= 0.6 is 0 Å². The van der Waals surface area contributed by atoms with Crippen LogP contribution in [0.1, 0.15) is 6.92 Å². The number of nitrogens with one attached hydrogen (secondary N) is 1. The average molecular weight is 284 g/mol. The zero-order chi connectivity index (χ0) is 14.0. The minimum absolute atomic E-state index is 0.0336. The molecule has 102 valence electrons. The van der Waals surface area contributed by atoms with Crippen LogP contribution in [0.2, 0.25) is 0 Å². The molecule has 0 spiro atoms. The SMILES string of the molecule is CCS(=O)(=O)Nc1oc(-c2ccncc2)c(O)c1O. The van der Waals surface area contributed by atoms with E-state index in [1.165, 1.54) is 19.3 Å². The zero-order valence-electron chi connectivity index (χ0n) is 9.99. The number of hydrogen-bond acceptors (Lipinski definition) is 6. The van der Waals surface area contributed by atoms with Gasteiger partial charge in [-0.15, -0.1) is 0 Å². The summed E-state index contributed by atoms with van der Waals surface area (Å²) in [6.07, 6.45) is 2.95. The third kappa shape index (κ3) is 2.63. The highest BCUT2D eigenvalue weighted by atomic mass is 32.2. The number of sulfonamides is 1. The Hall–Kier alpha value is -2.22.